The Morgan fingerprint density at radius 2 is 2.11 bits per heavy atom. The molecule has 1 aromatic rings. The summed E-state index contributed by atoms with van der Waals surface area (Å²) in [4.78, 5) is 10.3. The quantitative estimate of drug-likeness (QED) is 0.440. The maximum atomic E-state index is 10.7. The molecule has 0 saturated carbocycles. The second-order valence-corrected chi connectivity index (χ2v) is 4.77. The highest BCUT2D eigenvalue weighted by molar-refractivity contribution is 9.10. The Bertz CT molecular complexity index is 409. The molecule has 0 bridgehead atoms. The van der Waals surface area contributed by atoms with E-state index in [1.807, 2.05) is 13.8 Å². The summed E-state index contributed by atoms with van der Waals surface area (Å²) < 4.78 is 11.2. The molecule has 0 heterocycles. The van der Waals surface area contributed by atoms with Crippen molar-refractivity contribution in [2.24, 2.45) is 0 Å². The molecular weight excluding hydrogens is 302 g/mol. The number of rotatable bonds is 7. The second kappa shape index (κ2) is 7.45. The van der Waals surface area contributed by atoms with Crippen LogP contribution < -0.4 is 0 Å². The molecular formula is C12H16BrNO4. The summed E-state index contributed by atoms with van der Waals surface area (Å²) in [6.07, 6.45) is 0.179. The molecule has 0 amide bonds. The number of hydrogen-bond donors (Lipinski definition) is 0. The van der Waals surface area contributed by atoms with Crippen molar-refractivity contribution in [3.8, 4) is 0 Å². The molecule has 0 saturated heterocycles. The molecule has 1 rings (SSSR count). The van der Waals surface area contributed by atoms with Gasteiger partial charge >= 0.3 is 0 Å². The number of benzene rings is 1. The van der Waals surface area contributed by atoms with Gasteiger partial charge < -0.3 is 9.47 Å². The van der Waals surface area contributed by atoms with Gasteiger partial charge in [0.15, 0.2) is 0 Å². The molecule has 5 nitrogen and oxygen atoms in total. The molecule has 0 atom stereocenters. The topological polar surface area (TPSA) is 61.6 Å². The number of hydrogen-bond acceptors (Lipinski definition) is 4. The van der Waals surface area contributed by atoms with Crippen LogP contribution in [0, 0.1) is 10.1 Å². The number of halogens is 1. The molecule has 0 aliphatic heterocycles. The minimum absolute atomic E-state index is 0.0505. The summed E-state index contributed by atoms with van der Waals surface area (Å²) in [5.41, 5.74) is 0.809. The largest absolute Gasteiger partial charge is 0.376 e. The molecule has 0 unspecified atom stereocenters. The Morgan fingerprint density at radius 1 is 1.39 bits per heavy atom. The highest BCUT2D eigenvalue weighted by Crippen LogP contribution is 2.28. The zero-order chi connectivity index (χ0) is 13.5. The lowest BCUT2D eigenvalue weighted by molar-refractivity contribution is -0.385. The Kier molecular flexibility index (Phi) is 6.24. The van der Waals surface area contributed by atoms with E-state index < -0.39 is 4.92 Å². The van der Waals surface area contributed by atoms with E-state index in [1.54, 1.807) is 12.1 Å². The van der Waals surface area contributed by atoms with Crippen LogP contribution in [0.25, 0.3) is 0 Å². The highest BCUT2D eigenvalue weighted by Gasteiger charge is 2.14. The maximum absolute atomic E-state index is 10.7. The lowest BCUT2D eigenvalue weighted by atomic mass is 10.2. The fraction of sp³-hybridized carbons (Fsp3) is 0.500. The Balaban J connectivity index is 2.48. The molecule has 6 heteroatoms. The first-order valence-corrected chi connectivity index (χ1v) is 6.42. The van der Waals surface area contributed by atoms with Gasteiger partial charge in [-0.1, -0.05) is 12.1 Å². The summed E-state index contributed by atoms with van der Waals surface area (Å²) in [5, 5.41) is 10.7. The van der Waals surface area contributed by atoms with E-state index in [-0.39, 0.29) is 11.8 Å². The van der Waals surface area contributed by atoms with Gasteiger partial charge in [0, 0.05) is 6.07 Å². The zero-order valence-electron chi connectivity index (χ0n) is 10.4. The zero-order valence-corrected chi connectivity index (χ0v) is 12.0. The van der Waals surface area contributed by atoms with E-state index in [0.29, 0.717) is 24.3 Å². The Morgan fingerprint density at radius 3 is 2.72 bits per heavy atom. The van der Waals surface area contributed by atoms with Gasteiger partial charge in [0.25, 0.3) is 5.69 Å². The van der Waals surface area contributed by atoms with Crippen LogP contribution in [-0.2, 0) is 16.1 Å². The van der Waals surface area contributed by atoms with Gasteiger partial charge in [-0.15, -0.1) is 0 Å². The molecule has 0 aliphatic rings. The van der Waals surface area contributed by atoms with Crippen LogP contribution in [0.3, 0.4) is 0 Å². The number of ether oxygens (including phenoxy) is 2. The van der Waals surface area contributed by atoms with Crippen LogP contribution in [0.2, 0.25) is 0 Å². The normalized spacial score (nSPS) is 10.9. The van der Waals surface area contributed by atoms with Gasteiger partial charge in [0.05, 0.1) is 30.8 Å². The minimum Gasteiger partial charge on any atom is -0.376 e. The lowest BCUT2D eigenvalue weighted by Crippen LogP contribution is -2.09. The second-order valence-electron chi connectivity index (χ2n) is 3.98. The third-order valence-electron chi connectivity index (χ3n) is 2.19. The fourth-order valence-electron chi connectivity index (χ4n) is 1.34. The van der Waals surface area contributed by atoms with Crippen LogP contribution in [-0.4, -0.2) is 24.2 Å². The molecule has 0 N–H and O–H groups in total. The maximum Gasteiger partial charge on any atom is 0.283 e. The van der Waals surface area contributed by atoms with Crippen molar-refractivity contribution < 1.29 is 14.4 Å². The first-order valence-electron chi connectivity index (χ1n) is 5.63. The van der Waals surface area contributed by atoms with Gasteiger partial charge in [-0.05, 0) is 35.3 Å². The Labute approximate surface area is 114 Å². The predicted molar refractivity (Wildman–Crippen MR) is 71.5 cm³/mol. The van der Waals surface area contributed by atoms with E-state index in [9.17, 15) is 10.1 Å². The van der Waals surface area contributed by atoms with Crippen molar-refractivity contribution in [3.05, 3.63) is 38.3 Å². The van der Waals surface area contributed by atoms with E-state index in [4.69, 9.17) is 9.47 Å². The third kappa shape index (κ3) is 4.72. The highest BCUT2D eigenvalue weighted by atomic mass is 79.9. The smallest absolute Gasteiger partial charge is 0.283 e. The van der Waals surface area contributed by atoms with Crippen molar-refractivity contribution in [2.45, 2.75) is 26.6 Å². The summed E-state index contributed by atoms with van der Waals surface area (Å²) in [7, 11) is 0. The van der Waals surface area contributed by atoms with Gasteiger partial charge in [-0.2, -0.15) is 0 Å². The SMILES string of the molecule is CC(C)OCCOCc1cccc([N+](=O)[O-])c1Br. The molecule has 1 aromatic carbocycles. The van der Waals surface area contributed by atoms with Gasteiger partial charge in [0.1, 0.15) is 4.47 Å². The van der Waals surface area contributed by atoms with Crippen molar-refractivity contribution in [3.63, 3.8) is 0 Å². The Hall–Kier alpha value is -0.980. The molecule has 0 fully saturated rings. The van der Waals surface area contributed by atoms with Crippen molar-refractivity contribution >= 4 is 21.6 Å². The average molecular weight is 318 g/mol. The van der Waals surface area contributed by atoms with E-state index >= 15 is 0 Å². The predicted octanol–water partition coefficient (Wildman–Crippen LogP) is 3.30. The summed E-state index contributed by atoms with van der Waals surface area (Å²) in [6, 6.07) is 4.89. The third-order valence-corrected chi connectivity index (χ3v) is 3.11. The number of nitro benzene ring substituents is 1. The molecule has 0 aromatic heterocycles. The summed E-state index contributed by atoms with van der Waals surface area (Å²) >= 11 is 3.22. The number of nitrogens with zero attached hydrogens (tertiary/aromatic N) is 1. The van der Waals surface area contributed by atoms with Gasteiger partial charge in [-0.3, -0.25) is 10.1 Å². The lowest BCUT2D eigenvalue weighted by Gasteiger charge is -2.09. The summed E-state index contributed by atoms with van der Waals surface area (Å²) in [6.45, 7) is 5.22. The standard InChI is InChI=1S/C12H16BrNO4/c1-9(2)18-7-6-17-8-10-4-3-5-11(12(10)13)14(15)16/h3-5,9H,6-8H2,1-2H3. The summed E-state index contributed by atoms with van der Waals surface area (Å²) in [5.74, 6) is 0. The first kappa shape index (κ1) is 15.1. The fourth-order valence-corrected chi connectivity index (χ4v) is 1.87. The molecule has 0 aliphatic carbocycles. The van der Waals surface area contributed by atoms with E-state index in [2.05, 4.69) is 15.9 Å². The molecule has 100 valence electrons. The van der Waals surface area contributed by atoms with E-state index in [1.165, 1.54) is 6.07 Å². The van der Waals surface area contributed by atoms with Gasteiger partial charge in [0.2, 0.25) is 0 Å². The average Bonchev–Trinajstić information content (AvgIpc) is 2.30. The van der Waals surface area contributed by atoms with Crippen LogP contribution >= 0.6 is 15.9 Å². The molecule has 0 spiro atoms. The van der Waals surface area contributed by atoms with Crippen LogP contribution in [0.1, 0.15) is 19.4 Å². The minimum atomic E-state index is -0.421. The van der Waals surface area contributed by atoms with E-state index in [0.717, 1.165) is 5.56 Å². The van der Waals surface area contributed by atoms with Crippen molar-refractivity contribution in [1.82, 2.24) is 0 Å². The van der Waals surface area contributed by atoms with Crippen molar-refractivity contribution in [2.75, 3.05) is 13.2 Å². The van der Waals surface area contributed by atoms with Crippen LogP contribution in [0.4, 0.5) is 5.69 Å². The van der Waals surface area contributed by atoms with Crippen molar-refractivity contribution in [1.29, 1.82) is 0 Å². The number of nitro groups is 1. The monoisotopic (exact) mass is 317 g/mol. The van der Waals surface area contributed by atoms with Crippen LogP contribution in [0.15, 0.2) is 22.7 Å². The van der Waals surface area contributed by atoms with Gasteiger partial charge in [-0.25, -0.2) is 0 Å². The molecule has 18 heavy (non-hydrogen) atoms. The first-order chi connectivity index (χ1) is 8.52. The molecule has 0 radical (unpaired) electrons. The van der Waals surface area contributed by atoms with Crippen LogP contribution in [0.5, 0.6) is 0 Å².